The summed E-state index contributed by atoms with van der Waals surface area (Å²) in [5.74, 6) is 0.595. The second-order valence-corrected chi connectivity index (χ2v) is 8.48. The molecule has 0 bridgehead atoms. The van der Waals surface area contributed by atoms with Crippen LogP contribution in [0, 0.1) is 0 Å². The van der Waals surface area contributed by atoms with E-state index < -0.39 is 9.84 Å². The zero-order chi connectivity index (χ0) is 19.0. The van der Waals surface area contributed by atoms with E-state index >= 15 is 0 Å². The molecule has 0 aromatic heterocycles. The summed E-state index contributed by atoms with van der Waals surface area (Å²) in [5, 5.41) is 3.84. The monoisotopic (exact) mass is 382 g/mol. The number of hydrogen-bond acceptors (Lipinski definition) is 6. The molecular weight excluding hydrogens is 356 g/mol. The molecule has 1 amide bonds. The van der Waals surface area contributed by atoms with Gasteiger partial charge in [0.05, 0.1) is 24.8 Å². The average molecular weight is 382 g/mol. The van der Waals surface area contributed by atoms with Gasteiger partial charge in [0.2, 0.25) is 0 Å². The third kappa shape index (κ3) is 5.72. The number of sulfone groups is 1. The molecular formula is C18H26N2O5S. The fourth-order valence-corrected chi connectivity index (χ4v) is 4.63. The van der Waals surface area contributed by atoms with Crippen LogP contribution in [0.3, 0.4) is 0 Å². The van der Waals surface area contributed by atoms with Gasteiger partial charge in [-0.25, -0.2) is 8.42 Å². The summed E-state index contributed by atoms with van der Waals surface area (Å²) in [7, 11) is -1.48. The van der Waals surface area contributed by atoms with Crippen LogP contribution in [0.25, 0.3) is 0 Å². The summed E-state index contributed by atoms with van der Waals surface area (Å²) in [6, 6.07) is 7.06. The van der Waals surface area contributed by atoms with Crippen molar-refractivity contribution in [3.63, 3.8) is 0 Å². The fourth-order valence-electron chi connectivity index (χ4n) is 2.90. The van der Waals surface area contributed by atoms with Gasteiger partial charge in [0.15, 0.2) is 16.4 Å². The number of rotatable bonds is 9. The summed E-state index contributed by atoms with van der Waals surface area (Å²) in [6.07, 6.45) is 3.73. The van der Waals surface area contributed by atoms with Crippen molar-refractivity contribution in [1.29, 1.82) is 0 Å². The van der Waals surface area contributed by atoms with Gasteiger partial charge in [0.1, 0.15) is 5.75 Å². The zero-order valence-corrected chi connectivity index (χ0v) is 16.1. The largest absolute Gasteiger partial charge is 0.496 e. The lowest BCUT2D eigenvalue weighted by molar-refractivity contribution is -0.138. The lowest BCUT2D eigenvalue weighted by Gasteiger charge is -2.27. The lowest BCUT2D eigenvalue weighted by Crippen LogP contribution is -2.43. The molecule has 144 valence electrons. The first kappa shape index (κ1) is 20.2. The first-order valence-electron chi connectivity index (χ1n) is 8.75. The van der Waals surface area contributed by atoms with Gasteiger partial charge in [0.25, 0.3) is 5.91 Å². The Bertz CT molecular complexity index is 733. The van der Waals surface area contributed by atoms with Gasteiger partial charge in [-0.2, -0.15) is 0 Å². The Morgan fingerprint density at radius 3 is 2.81 bits per heavy atom. The van der Waals surface area contributed by atoms with Crippen LogP contribution >= 0.6 is 0 Å². The van der Waals surface area contributed by atoms with Crippen molar-refractivity contribution < 1.29 is 22.8 Å². The molecule has 1 aliphatic rings. The number of oxime groups is 1. The van der Waals surface area contributed by atoms with Crippen molar-refractivity contribution in [3.05, 3.63) is 29.8 Å². The van der Waals surface area contributed by atoms with E-state index in [4.69, 9.17) is 9.57 Å². The van der Waals surface area contributed by atoms with Crippen LogP contribution in [0.4, 0.5) is 0 Å². The summed E-state index contributed by atoms with van der Waals surface area (Å²) < 4.78 is 28.6. The molecule has 0 N–H and O–H groups in total. The molecule has 1 aromatic carbocycles. The topological polar surface area (TPSA) is 85.3 Å². The van der Waals surface area contributed by atoms with Crippen LogP contribution in [0.15, 0.2) is 29.4 Å². The van der Waals surface area contributed by atoms with Gasteiger partial charge < -0.3 is 14.5 Å². The number of ether oxygens (including phenoxy) is 1. The Balaban J connectivity index is 1.93. The molecule has 0 saturated carbocycles. The predicted molar refractivity (Wildman–Crippen MR) is 100 cm³/mol. The van der Waals surface area contributed by atoms with Crippen LogP contribution in [0.1, 0.15) is 31.7 Å². The lowest BCUT2D eigenvalue weighted by atomic mass is 10.2. The zero-order valence-electron chi connectivity index (χ0n) is 15.3. The molecule has 1 fully saturated rings. The van der Waals surface area contributed by atoms with E-state index in [9.17, 15) is 13.2 Å². The Labute approximate surface area is 154 Å². The van der Waals surface area contributed by atoms with Crippen molar-refractivity contribution >= 4 is 22.0 Å². The van der Waals surface area contributed by atoms with E-state index in [1.165, 1.54) is 6.21 Å². The van der Waals surface area contributed by atoms with Gasteiger partial charge in [-0.1, -0.05) is 30.6 Å². The third-order valence-electron chi connectivity index (χ3n) is 4.32. The highest BCUT2D eigenvalue weighted by Gasteiger charge is 2.34. The molecule has 0 spiro atoms. The molecule has 0 radical (unpaired) electrons. The molecule has 1 aliphatic heterocycles. The molecule has 1 heterocycles. The van der Waals surface area contributed by atoms with Crippen LogP contribution in [-0.4, -0.2) is 63.2 Å². The highest BCUT2D eigenvalue weighted by atomic mass is 32.2. The van der Waals surface area contributed by atoms with Crippen molar-refractivity contribution in [3.8, 4) is 5.75 Å². The van der Waals surface area contributed by atoms with E-state index in [0.29, 0.717) is 18.7 Å². The Morgan fingerprint density at radius 1 is 1.38 bits per heavy atom. The summed E-state index contributed by atoms with van der Waals surface area (Å²) in [4.78, 5) is 19.3. The quantitative estimate of drug-likeness (QED) is 0.481. The summed E-state index contributed by atoms with van der Waals surface area (Å²) in [6.45, 7) is 2.35. The number of benzene rings is 1. The molecule has 1 atom stereocenters. The standard InChI is InChI=1S/C18H26N2O5S/c1-3-4-10-20(16-9-11-26(22,23)14-16)18(21)13-25-19-12-15-7-5-6-8-17(15)24-2/h5-8,12,16H,3-4,9-11,13-14H2,1-2H3/b19-12-/t16-/m0/s1. The molecule has 0 unspecified atom stereocenters. The Kier molecular flexibility index (Phi) is 7.44. The van der Waals surface area contributed by atoms with Gasteiger partial charge >= 0.3 is 0 Å². The van der Waals surface area contributed by atoms with E-state index in [2.05, 4.69) is 5.16 Å². The maximum Gasteiger partial charge on any atom is 0.263 e. The molecule has 1 saturated heterocycles. The number of methoxy groups -OCH3 is 1. The minimum atomic E-state index is -3.05. The maximum absolute atomic E-state index is 12.5. The molecule has 0 aliphatic carbocycles. The van der Waals surface area contributed by atoms with Crippen molar-refractivity contribution in [2.45, 2.75) is 32.2 Å². The third-order valence-corrected chi connectivity index (χ3v) is 6.07. The molecule has 26 heavy (non-hydrogen) atoms. The molecule has 7 nitrogen and oxygen atoms in total. The highest BCUT2D eigenvalue weighted by molar-refractivity contribution is 7.91. The average Bonchev–Trinajstić information content (AvgIpc) is 2.99. The molecule has 1 aromatic rings. The minimum Gasteiger partial charge on any atom is -0.496 e. The minimum absolute atomic E-state index is 0.0347. The summed E-state index contributed by atoms with van der Waals surface area (Å²) in [5.41, 5.74) is 0.743. The number of nitrogens with zero attached hydrogens (tertiary/aromatic N) is 2. The van der Waals surface area contributed by atoms with Crippen LogP contribution < -0.4 is 4.74 Å². The fraction of sp³-hybridized carbons (Fsp3) is 0.556. The van der Waals surface area contributed by atoms with Gasteiger partial charge in [0, 0.05) is 18.2 Å². The van der Waals surface area contributed by atoms with Gasteiger partial charge in [-0.15, -0.1) is 0 Å². The van der Waals surface area contributed by atoms with E-state index in [0.717, 1.165) is 18.4 Å². The smallest absolute Gasteiger partial charge is 0.263 e. The van der Waals surface area contributed by atoms with Crippen LogP contribution in [0.2, 0.25) is 0 Å². The number of amides is 1. The van der Waals surface area contributed by atoms with Crippen molar-refractivity contribution in [1.82, 2.24) is 4.90 Å². The number of hydrogen-bond donors (Lipinski definition) is 0. The number of carbonyl (C=O) groups excluding carboxylic acids is 1. The SMILES string of the molecule is CCCCN(C(=O)CO/N=C\c1ccccc1OC)[C@H]1CCS(=O)(=O)C1. The summed E-state index contributed by atoms with van der Waals surface area (Å²) >= 11 is 0. The molecule has 8 heteroatoms. The van der Waals surface area contributed by atoms with Crippen LogP contribution in [0.5, 0.6) is 5.75 Å². The van der Waals surface area contributed by atoms with Gasteiger partial charge in [-0.3, -0.25) is 4.79 Å². The van der Waals surface area contributed by atoms with Crippen molar-refractivity contribution in [2.75, 3.05) is 31.8 Å². The van der Waals surface area contributed by atoms with Gasteiger partial charge in [-0.05, 0) is 25.0 Å². The Hall–Kier alpha value is -2.09. The second-order valence-electron chi connectivity index (χ2n) is 6.25. The van der Waals surface area contributed by atoms with E-state index in [-0.39, 0.29) is 30.1 Å². The number of unbranched alkanes of at least 4 members (excludes halogenated alkanes) is 1. The number of carbonyl (C=O) groups is 1. The highest BCUT2D eigenvalue weighted by Crippen LogP contribution is 2.19. The van der Waals surface area contributed by atoms with Crippen molar-refractivity contribution in [2.24, 2.45) is 5.16 Å². The molecule has 2 rings (SSSR count). The Morgan fingerprint density at radius 2 is 2.15 bits per heavy atom. The number of para-hydroxylation sites is 1. The normalized spacial score (nSPS) is 18.8. The first-order chi connectivity index (χ1) is 12.5. The maximum atomic E-state index is 12.5. The second kappa shape index (κ2) is 9.56. The van der Waals surface area contributed by atoms with Crippen LogP contribution in [-0.2, 0) is 19.5 Å². The first-order valence-corrected chi connectivity index (χ1v) is 10.6. The predicted octanol–water partition coefficient (Wildman–Crippen LogP) is 1.86. The van der Waals surface area contributed by atoms with E-state index in [1.807, 2.05) is 25.1 Å². The van der Waals surface area contributed by atoms with E-state index in [1.54, 1.807) is 18.1 Å².